The summed E-state index contributed by atoms with van der Waals surface area (Å²) in [6.45, 7) is 9.81. The molecule has 0 spiro atoms. The summed E-state index contributed by atoms with van der Waals surface area (Å²) in [6, 6.07) is -0.703. The molecule has 0 aromatic carbocycles. The van der Waals surface area contributed by atoms with Gasteiger partial charge in [-0.1, -0.05) is 53.4 Å². The van der Waals surface area contributed by atoms with E-state index in [2.05, 4.69) is 12.2 Å². The second kappa shape index (κ2) is 18.5. The van der Waals surface area contributed by atoms with Crippen LogP contribution in [0.15, 0.2) is 0 Å². The zero-order valence-electron chi connectivity index (χ0n) is 21.4. The summed E-state index contributed by atoms with van der Waals surface area (Å²) in [7, 11) is -3.96. The predicted octanol–water partition coefficient (Wildman–Crippen LogP) is 5.15. The topological polar surface area (TPSA) is 122 Å². The summed E-state index contributed by atoms with van der Waals surface area (Å²) < 4.78 is 48.7. The predicted molar refractivity (Wildman–Crippen MR) is 129 cm³/mol. The summed E-state index contributed by atoms with van der Waals surface area (Å²) in [6.07, 6.45) is 3.26. The largest absolute Gasteiger partial charge is 0.475 e. The molecule has 1 rings (SSSR count). The smallest absolute Gasteiger partial charge is 0.465 e. The molecule has 0 bridgehead atoms. The molecule has 0 aromatic heterocycles. The van der Waals surface area contributed by atoms with Gasteiger partial charge < -0.3 is 24.6 Å². The summed E-state index contributed by atoms with van der Waals surface area (Å²) in [4.78, 5) is 11.4. The number of rotatable bonds is 20. The normalized spacial score (nSPS) is 23.2. The lowest BCUT2D eigenvalue weighted by molar-refractivity contribution is -0.179. The maximum absolute atomic E-state index is 13.6. The highest BCUT2D eigenvalue weighted by Gasteiger charge is 2.47. The Labute approximate surface area is 204 Å². The number of carbonyl (C=O) groups is 1. The van der Waals surface area contributed by atoms with Crippen LogP contribution < -0.4 is 5.32 Å². The first kappa shape index (κ1) is 31.3. The number of hydrogen-bond donors (Lipinski definition) is 2. The number of ether oxygens (including phenoxy) is 3. The summed E-state index contributed by atoms with van der Waals surface area (Å²) in [5.74, 6) is 0. The van der Waals surface area contributed by atoms with Gasteiger partial charge in [0.15, 0.2) is 0 Å². The Balaban J connectivity index is 3.14. The molecule has 1 aliphatic heterocycles. The van der Waals surface area contributed by atoms with Crippen molar-refractivity contribution in [2.45, 2.75) is 103 Å². The van der Waals surface area contributed by atoms with Gasteiger partial charge in [0, 0.05) is 13.2 Å². The number of phosphoric acid groups is 1. The number of carboxylic acid groups (broad SMARTS) is 1. The van der Waals surface area contributed by atoms with Crippen molar-refractivity contribution in [3.63, 3.8) is 0 Å². The Bertz CT molecular complexity index is 567. The highest BCUT2D eigenvalue weighted by molar-refractivity contribution is 7.48. The Hall–Kier alpha value is -0.740. The minimum absolute atomic E-state index is 0.0858. The molecule has 1 saturated heterocycles. The van der Waals surface area contributed by atoms with Crippen molar-refractivity contribution in [2.24, 2.45) is 0 Å². The van der Waals surface area contributed by atoms with E-state index in [0.717, 1.165) is 38.5 Å². The third-order valence-corrected chi connectivity index (χ3v) is 6.86. The minimum Gasteiger partial charge on any atom is -0.465 e. The van der Waals surface area contributed by atoms with Crippen molar-refractivity contribution in [2.75, 3.05) is 39.6 Å². The van der Waals surface area contributed by atoms with Crippen LogP contribution in [-0.4, -0.2) is 75.2 Å². The number of amides is 1. The maximum Gasteiger partial charge on any atom is 0.475 e. The molecule has 202 valence electrons. The molecule has 2 unspecified atom stereocenters. The lowest BCUT2D eigenvalue weighted by Crippen LogP contribution is -2.61. The molecule has 34 heavy (non-hydrogen) atoms. The zero-order valence-corrected chi connectivity index (χ0v) is 22.3. The monoisotopic (exact) mass is 511 g/mol. The molecule has 2 N–H and O–H groups in total. The van der Waals surface area contributed by atoms with Crippen LogP contribution in [0.3, 0.4) is 0 Å². The van der Waals surface area contributed by atoms with E-state index < -0.39 is 38.3 Å². The standard InChI is InChI=1S/C23H46NO9P/c1-5-9-13-28-18-20-22(33-34(27,31-15-11-7-3)32-16-12-8-4)21(29-14-10-6-2)19(17-30-20)24-23(25)26/h19-22,24H,5-18H2,1-4H3,(H,25,26)/t19-,20?,21+,22?/m1/s1. The number of nitrogens with one attached hydrogen (secondary N) is 1. The van der Waals surface area contributed by atoms with Gasteiger partial charge in [0.25, 0.3) is 0 Å². The van der Waals surface area contributed by atoms with E-state index in [1.807, 2.05) is 20.8 Å². The SMILES string of the molecule is CCCCOCC1OC[C@@H](NC(=O)O)[C@H](OCCCC)C1OP(=O)(OCCCC)OCCCC. The Morgan fingerprint density at radius 1 is 0.912 bits per heavy atom. The number of hydrogen-bond acceptors (Lipinski definition) is 8. The fraction of sp³-hybridized carbons (Fsp3) is 0.957. The third kappa shape index (κ3) is 12.3. The molecule has 1 aliphatic rings. The Morgan fingerprint density at radius 3 is 2.03 bits per heavy atom. The first-order valence-corrected chi connectivity index (χ1v) is 14.2. The lowest BCUT2D eigenvalue weighted by atomic mass is 9.98. The van der Waals surface area contributed by atoms with Crippen molar-refractivity contribution in [1.82, 2.24) is 5.32 Å². The highest BCUT2D eigenvalue weighted by Crippen LogP contribution is 2.52. The molecule has 1 amide bonds. The van der Waals surface area contributed by atoms with Crippen molar-refractivity contribution in [3.8, 4) is 0 Å². The molecule has 0 radical (unpaired) electrons. The summed E-state index contributed by atoms with van der Waals surface area (Å²) in [5.41, 5.74) is 0. The molecule has 4 atom stereocenters. The molecular weight excluding hydrogens is 465 g/mol. The van der Waals surface area contributed by atoms with Crippen LogP contribution in [-0.2, 0) is 32.3 Å². The van der Waals surface area contributed by atoms with Gasteiger partial charge in [-0.05, 0) is 25.7 Å². The second-order valence-electron chi connectivity index (χ2n) is 8.44. The minimum atomic E-state index is -3.96. The van der Waals surface area contributed by atoms with E-state index in [1.165, 1.54) is 0 Å². The van der Waals surface area contributed by atoms with Crippen molar-refractivity contribution in [3.05, 3.63) is 0 Å². The van der Waals surface area contributed by atoms with Gasteiger partial charge in [0.2, 0.25) is 0 Å². The van der Waals surface area contributed by atoms with Gasteiger partial charge >= 0.3 is 13.9 Å². The molecule has 1 heterocycles. The summed E-state index contributed by atoms with van der Waals surface area (Å²) in [5, 5.41) is 11.8. The van der Waals surface area contributed by atoms with Gasteiger partial charge in [-0.15, -0.1) is 0 Å². The quantitative estimate of drug-likeness (QED) is 0.169. The fourth-order valence-corrected chi connectivity index (χ4v) is 4.78. The second-order valence-corrected chi connectivity index (χ2v) is 10.1. The van der Waals surface area contributed by atoms with Gasteiger partial charge in [-0.2, -0.15) is 0 Å². The first-order chi connectivity index (χ1) is 16.4. The third-order valence-electron chi connectivity index (χ3n) is 5.36. The number of phosphoric ester groups is 1. The van der Waals surface area contributed by atoms with Gasteiger partial charge in [-0.25, -0.2) is 9.36 Å². The average molecular weight is 512 g/mol. The highest BCUT2D eigenvalue weighted by atomic mass is 31.2. The molecule has 1 fully saturated rings. The Morgan fingerprint density at radius 2 is 1.47 bits per heavy atom. The van der Waals surface area contributed by atoms with E-state index in [1.54, 1.807) is 0 Å². The van der Waals surface area contributed by atoms with Crippen LogP contribution in [0.4, 0.5) is 4.79 Å². The molecule has 11 heteroatoms. The van der Waals surface area contributed by atoms with Crippen molar-refractivity contribution >= 4 is 13.9 Å². The van der Waals surface area contributed by atoms with Crippen LogP contribution in [0.5, 0.6) is 0 Å². The number of unbranched alkanes of at least 4 members (excludes halogenated alkanes) is 4. The van der Waals surface area contributed by atoms with E-state index in [4.69, 9.17) is 27.8 Å². The molecule has 0 aromatic rings. The van der Waals surface area contributed by atoms with Crippen LogP contribution in [0, 0.1) is 0 Å². The van der Waals surface area contributed by atoms with Crippen LogP contribution in [0.2, 0.25) is 0 Å². The van der Waals surface area contributed by atoms with Crippen LogP contribution >= 0.6 is 7.82 Å². The molecule has 0 saturated carbocycles. The summed E-state index contributed by atoms with van der Waals surface area (Å²) >= 11 is 0. The average Bonchev–Trinajstić information content (AvgIpc) is 2.79. The maximum atomic E-state index is 13.6. The van der Waals surface area contributed by atoms with Crippen LogP contribution in [0.1, 0.15) is 79.1 Å². The lowest BCUT2D eigenvalue weighted by Gasteiger charge is -2.42. The van der Waals surface area contributed by atoms with Crippen molar-refractivity contribution in [1.29, 1.82) is 0 Å². The first-order valence-electron chi connectivity index (χ1n) is 12.8. The zero-order chi connectivity index (χ0) is 25.2. The van der Waals surface area contributed by atoms with Gasteiger partial charge in [0.1, 0.15) is 18.3 Å². The van der Waals surface area contributed by atoms with E-state index in [0.29, 0.717) is 26.1 Å². The van der Waals surface area contributed by atoms with E-state index >= 15 is 0 Å². The fourth-order valence-electron chi connectivity index (χ4n) is 3.32. The molecular formula is C23H46NO9P. The molecule has 10 nitrogen and oxygen atoms in total. The van der Waals surface area contributed by atoms with Gasteiger partial charge in [0.05, 0.1) is 32.5 Å². The molecule has 0 aliphatic carbocycles. The van der Waals surface area contributed by atoms with Crippen LogP contribution in [0.25, 0.3) is 0 Å². The van der Waals surface area contributed by atoms with E-state index in [9.17, 15) is 14.5 Å². The Kier molecular flexibility index (Phi) is 17.0. The van der Waals surface area contributed by atoms with Gasteiger partial charge in [-0.3, -0.25) is 13.6 Å². The van der Waals surface area contributed by atoms with Crippen molar-refractivity contribution < 1.29 is 42.2 Å². The van der Waals surface area contributed by atoms with E-state index in [-0.39, 0.29) is 26.4 Å².